The molecule has 1 fully saturated rings. The van der Waals surface area contributed by atoms with Crippen LogP contribution in [-0.2, 0) is 24.3 Å². The molecule has 3 aromatic rings. The molecule has 1 aliphatic heterocycles. The van der Waals surface area contributed by atoms with Gasteiger partial charge in [-0.3, -0.25) is 14.7 Å². The van der Waals surface area contributed by atoms with Crippen molar-refractivity contribution in [3.8, 4) is 23.8 Å². The summed E-state index contributed by atoms with van der Waals surface area (Å²) < 4.78 is 11.7. The monoisotopic (exact) mass is 522 g/mol. The molecule has 192 valence electrons. The molecule has 1 aliphatic rings. The number of thioether (sulfide) groups is 1. The molecular formula is C32H30N2O3S. The smallest absolute Gasteiger partial charge is 0.267 e. The molecule has 1 amide bonds. The average molecular weight is 523 g/mol. The van der Waals surface area contributed by atoms with Crippen molar-refractivity contribution in [1.82, 2.24) is 4.90 Å². The van der Waals surface area contributed by atoms with E-state index in [4.69, 9.17) is 20.9 Å². The number of carbonyl (C=O) groups excluding carboxylic acids is 1. The Kier molecular flexibility index (Phi) is 9.44. The molecule has 1 heterocycles. The van der Waals surface area contributed by atoms with Crippen molar-refractivity contribution in [2.75, 3.05) is 13.2 Å². The van der Waals surface area contributed by atoms with E-state index in [0.29, 0.717) is 47.7 Å². The van der Waals surface area contributed by atoms with E-state index in [2.05, 4.69) is 12.5 Å². The highest BCUT2D eigenvalue weighted by Gasteiger charge is 2.33. The number of amides is 1. The number of terminal acetylenes is 1. The van der Waals surface area contributed by atoms with Crippen LogP contribution >= 0.6 is 11.8 Å². The lowest BCUT2D eigenvalue weighted by molar-refractivity contribution is -0.122. The van der Waals surface area contributed by atoms with E-state index in [1.165, 1.54) is 11.8 Å². The molecule has 1 saturated heterocycles. The van der Waals surface area contributed by atoms with Gasteiger partial charge in [0.2, 0.25) is 0 Å². The first-order valence-corrected chi connectivity index (χ1v) is 13.2. The van der Waals surface area contributed by atoms with E-state index in [1.54, 1.807) is 11.0 Å². The maximum absolute atomic E-state index is 13.6. The lowest BCUT2D eigenvalue weighted by Crippen LogP contribution is -2.28. The predicted molar refractivity (Wildman–Crippen MR) is 156 cm³/mol. The highest BCUT2D eigenvalue weighted by molar-refractivity contribution is 8.18. The number of amidine groups is 1. The van der Waals surface area contributed by atoms with Crippen LogP contribution in [-0.4, -0.2) is 29.2 Å². The maximum atomic E-state index is 13.6. The van der Waals surface area contributed by atoms with Crippen molar-refractivity contribution in [3.05, 3.63) is 113 Å². The van der Waals surface area contributed by atoms with Gasteiger partial charge in [0.25, 0.3) is 5.91 Å². The van der Waals surface area contributed by atoms with Gasteiger partial charge in [-0.2, -0.15) is 0 Å². The van der Waals surface area contributed by atoms with Gasteiger partial charge in [-0.05, 0) is 60.0 Å². The zero-order valence-corrected chi connectivity index (χ0v) is 22.2. The van der Waals surface area contributed by atoms with Gasteiger partial charge in [0, 0.05) is 5.56 Å². The van der Waals surface area contributed by atoms with E-state index in [9.17, 15) is 4.79 Å². The van der Waals surface area contributed by atoms with Gasteiger partial charge in [0.15, 0.2) is 16.7 Å². The van der Waals surface area contributed by atoms with E-state index in [-0.39, 0.29) is 12.5 Å². The molecule has 4 rings (SSSR count). The molecule has 0 atom stereocenters. The molecule has 0 N–H and O–H groups in total. The second-order valence-corrected chi connectivity index (χ2v) is 9.51. The van der Waals surface area contributed by atoms with Gasteiger partial charge in [0.05, 0.1) is 24.6 Å². The second kappa shape index (κ2) is 13.4. The Morgan fingerprint density at radius 3 is 2.42 bits per heavy atom. The van der Waals surface area contributed by atoms with Crippen molar-refractivity contribution in [1.29, 1.82) is 0 Å². The van der Waals surface area contributed by atoms with Crippen molar-refractivity contribution < 1.29 is 14.3 Å². The summed E-state index contributed by atoms with van der Waals surface area (Å²) in [6, 6.07) is 23.8. The topological polar surface area (TPSA) is 51.1 Å². The highest BCUT2D eigenvalue weighted by Crippen LogP contribution is 2.38. The Morgan fingerprint density at radius 2 is 1.76 bits per heavy atom. The van der Waals surface area contributed by atoms with Crippen LogP contribution in [0.2, 0.25) is 0 Å². The van der Waals surface area contributed by atoms with Crippen LogP contribution in [0.3, 0.4) is 0 Å². The summed E-state index contributed by atoms with van der Waals surface area (Å²) in [6.45, 7) is 7.33. The molecule has 3 aromatic carbocycles. The summed E-state index contributed by atoms with van der Waals surface area (Å²) in [5.41, 5.74) is 3.85. The summed E-state index contributed by atoms with van der Waals surface area (Å²) in [5.74, 6) is 3.61. The van der Waals surface area contributed by atoms with E-state index in [0.717, 1.165) is 22.3 Å². The molecule has 0 radical (unpaired) electrons. The van der Waals surface area contributed by atoms with Crippen molar-refractivity contribution in [2.45, 2.75) is 26.4 Å². The van der Waals surface area contributed by atoms with Crippen LogP contribution in [0, 0.1) is 12.3 Å². The van der Waals surface area contributed by atoms with Crippen molar-refractivity contribution >= 4 is 28.9 Å². The Bertz CT molecular complexity index is 1380. The average Bonchev–Trinajstić information content (AvgIpc) is 3.22. The van der Waals surface area contributed by atoms with E-state index in [1.807, 2.05) is 85.8 Å². The Balaban J connectivity index is 1.70. The third kappa shape index (κ3) is 6.76. The van der Waals surface area contributed by atoms with Crippen LogP contribution in [0.5, 0.6) is 11.5 Å². The van der Waals surface area contributed by atoms with Gasteiger partial charge in [0.1, 0.15) is 6.61 Å². The molecule has 0 bridgehead atoms. The third-order valence-corrected chi connectivity index (χ3v) is 6.77. The number of ether oxygens (including phenoxy) is 2. The van der Waals surface area contributed by atoms with Gasteiger partial charge in [-0.15, -0.1) is 13.0 Å². The molecule has 0 spiro atoms. The predicted octanol–water partition coefficient (Wildman–Crippen LogP) is 6.50. The second-order valence-electron chi connectivity index (χ2n) is 8.50. The van der Waals surface area contributed by atoms with Gasteiger partial charge in [-0.1, -0.05) is 72.7 Å². The minimum absolute atomic E-state index is 0.0819. The third-order valence-electron chi connectivity index (χ3n) is 5.73. The zero-order chi connectivity index (χ0) is 26.7. The Morgan fingerprint density at radius 1 is 1.05 bits per heavy atom. The molecule has 5 nitrogen and oxygen atoms in total. The van der Waals surface area contributed by atoms with Gasteiger partial charge < -0.3 is 9.47 Å². The Labute approximate surface area is 228 Å². The van der Waals surface area contributed by atoms with Crippen LogP contribution < -0.4 is 9.47 Å². The lowest BCUT2D eigenvalue weighted by atomic mass is 10.0. The lowest BCUT2D eigenvalue weighted by Gasteiger charge is -2.16. The largest absolute Gasteiger partial charge is 0.490 e. The van der Waals surface area contributed by atoms with Crippen molar-refractivity contribution in [3.63, 3.8) is 0 Å². The summed E-state index contributed by atoms with van der Waals surface area (Å²) in [4.78, 5) is 20.8. The number of benzene rings is 3. The number of hydrogen-bond acceptors (Lipinski definition) is 5. The standard InChI is InChI=1S/C32H30N2O3S/c1-4-13-27-19-26(20-28(36-6-3)30(27)37-18-5-2)21-29-31(35)34(23-25-16-11-8-12-17-25)32(38-29)33-22-24-14-9-7-10-15-24/h2,4,7-12,14-17,19-21H,1,6,13,18,22-23H2,3H3/b29-21+,33-32?. The van der Waals surface area contributed by atoms with Gasteiger partial charge >= 0.3 is 0 Å². The number of nitrogens with zero attached hydrogens (tertiary/aromatic N) is 2. The Hall–Kier alpha value is -4.21. The fourth-order valence-electron chi connectivity index (χ4n) is 4.04. The molecule has 0 saturated carbocycles. The first-order valence-electron chi connectivity index (χ1n) is 12.4. The molecule has 38 heavy (non-hydrogen) atoms. The number of aliphatic imine (C=N–C) groups is 1. The molecule has 0 unspecified atom stereocenters. The van der Waals surface area contributed by atoms with Crippen LogP contribution in [0.4, 0.5) is 0 Å². The summed E-state index contributed by atoms with van der Waals surface area (Å²) in [7, 11) is 0. The molecular weight excluding hydrogens is 492 g/mol. The molecule has 6 heteroatoms. The number of carbonyl (C=O) groups is 1. The normalized spacial score (nSPS) is 15.1. The summed E-state index contributed by atoms with van der Waals surface area (Å²) in [6.07, 6.45) is 9.68. The number of rotatable bonds is 11. The number of hydrogen-bond donors (Lipinski definition) is 0. The molecule has 0 aromatic heterocycles. The zero-order valence-electron chi connectivity index (χ0n) is 21.4. The number of allylic oxidation sites excluding steroid dienone is 1. The summed E-state index contributed by atoms with van der Waals surface area (Å²) in [5, 5.41) is 0.680. The maximum Gasteiger partial charge on any atom is 0.267 e. The van der Waals surface area contributed by atoms with Crippen LogP contribution in [0.1, 0.15) is 29.2 Å². The first kappa shape index (κ1) is 26.8. The first-order chi connectivity index (χ1) is 18.6. The SMILES string of the molecule is C#CCOc1c(CC=C)cc(/C=C2/SC(=NCc3ccccc3)N(Cc3ccccc3)C2=O)cc1OCC. The molecule has 0 aliphatic carbocycles. The quantitative estimate of drug-likeness (QED) is 0.164. The fourth-order valence-corrected chi connectivity index (χ4v) is 5.02. The van der Waals surface area contributed by atoms with Crippen molar-refractivity contribution in [2.24, 2.45) is 4.99 Å². The van der Waals surface area contributed by atoms with E-state index >= 15 is 0 Å². The minimum Gasteiger partial charge on any atom is -0.490 e. The van der Waals surface area contributed by atoms with Gasteiger partial charge in [-0.25, -0.2) is 0 Å². The van der Waals surface area contributed by atoms with E-state index < -0.39 is 0 Å². The fraction of sp³-hybridized carbons (Fsp3) is 0.188. The summed E-state index contributed by atoms with van der Waals surface area (Å²) >= 11 is 1.39. The minimum atomic E-state index is -0.0819. The van der Waals surface area contributed by atoms with Crippen LogP contribution in [0.15, 0.2) is 95.3 Å². The van der Waals surface area contributed by atoms with Crippen LogP contribution in [0.25, 0.3) is 6.08 Å². The highest BCUT2D eigenvalue weighted by atomic mass is 32.2.